The van der Waals surface area contributed by atoms with Gasteiger partial charge in [0.15, 0.2) is 5.03 Å². The molecule has 4 rings (SSSR count). The van der Waals surface area contributed by atoms with Crippen LogP contribution in [-0.4, -0.2) is 37.0 Å². The van der Waals surface area contributed by atoms with Crippen molar-refractivity contribution < 1.29 is 27.1 Å². The number of rotatable bonds is 9. The second kappa shape index (κ2) is 11.8. The van der Waals surface area contributed by atoms with Crippen LogP contribution < -0.4 is 19.9 Å². The molecule has 0 aliphatic heterocycles. The molecule has 0 radical (unpaired) electrons. The fourth-order valence-corrected chi connectivity index (χ4v) is 5.01. The number of amides is 1. The minimum atomic E-state index is -4.31. The van der Waals surface area contributed by atoms with Gasteiger partial charge in [-0.15, -0.1) is 0 Å². The highest BCUT2D eigenvalue weighted by atomic mass is 32.2. The van der Waals surface area contributed by atoms with Crippen LogP contribution in [0.2, 0.25) is 0 Å². The number of pyridine rings is 2. The third-order valence-electron chi connectivity index (χ3n) is 5.93. The van der Waals surface area contributed by atoms with Crippen molar-refractivity contribution in [1.29, 1.82) is 0 Å². The molecule has 0 unspecified atom stereocenters. The van der Waals surface area contributed by atoms with E-state index in [2.05, 4.69) is 9.97 Å². The predicted octanol–water partition coefficient (Wildman–Crippen LogP) is 4.73. The Morgan fingerprint density at radius 2 is 1.87 bits per heavy atom. The number of aromatic nitrogens is 2. The molecule has 9 nitrogen and oxygen atoms in total. The lowest BCUT2D eigenvalue weighted by Crippen LogP contribution is -2.32. The Balaban J connectivity index is 1.67. The number of nitrogens with zero attached hydrogens (tertiary/aromatic N) is 2. The van der Waals surface area contributed by atoms with E-state index < -0.39 is 21.7 Å². The molecule has 1 saturated carbocycles. The van der Waals surface area contributed by atoms with Gasteiger partial charge in [0.1, 0.15) is 29.1 Å². The standard InChI is InChI=1S/C27H31FN4O5S/c1-17(2)16-36-21-14-18(13-19(28)15-21)23-12-11-22(27(30-23)37-20-7-4-3-5-8-20)26(33)32-38(34,35)25-10-6-9-24(29)31-25/h6,9-15,17,20H,3-5,7-8,16H2,1-2H3,(H2,29,31)(H,32,33). The number of ether oxygens (including phenoxy) is 2. The molecule has 11 heteroatoms. The minimum Gasteiger partial charge on any atom is -0.493 e. The number of anilines is 1. The van der Waals surface area contributed by atoms with Gasteiger partial charge in [-0.25, -0.2) is 19.1 Å². The van der Waals surface area contributed by atoms with Gasteiger partial charge < -0.3 is 15.2 Å². The number of nitrogens with one attached hydrogen (secondary N) is 1. The first-order chi connectivity index (χ1) is 18.1. The number of sulfonamides is 1. The van der Waals surface area contributed by atoms with Crippen LogP contribution in [0.25, 0.3) is 11.3 Å². The van der Waals surface area contributed by atoms with Crippen molar-refractivity contribution in [2.75, 3.05) is 12.3 Å². The summed E-state index contributed by atoms with van der Waals surface area (Å²) in [6, 6.07) is 11.3. The Labute approximate surface area is 221 Å². The highest BCUT2D eigenvalue weighted by Gasteiger charge is 2.26. The molecular weight excluding hydrogens is 511 g/mol. The highest BCUT2D eigenvalue weighted by molar-refractivity contribution is 7.90. The third kappa shape index (κ3) is 6.97. The monoisotopic (exact) mass is 542 g/mol. The molecule has 0 atom stereocenters. The van der Waals surface area contributed by atoms with Gasteiger partial charge in [-0.05, 0) is 68.0 Å². The molecule has 0 saturated heterocycles. The molecular formula is C27H31FN4O5S. The zero-order valence-corrected chi connectivity index (χ0v) is 22.1. The van der Waals surface area contributed by atoms with Crippen molar-refractivity contribution in [2.45, 2.75) is 57.1 Å². The molecule has 1 aliphatic carbocycles. The minimum absolute atomic E-state index is 0.000462. The van der Waals surface area contributed by atoms with Crippen LogP contribution in [0.1, 0.15) is 56.3 Å². The molecule has 202 valence electrons. The van der Waals surface area contributed by atoms with Gasteiger partial charge in [0, 0.05) is 11.6 Å². The zero-order chi connectivity index (χ0) is 27.3. The molecule has 38 heavy (non-hydrogen) atoms. The van der Waals surface area contributed by atoms with Crippen LogP contribution in [0.4, 0.5) is 10.2 Å². The number of nitrogen functional groups attached to an aromatic ring is 1. The molecule has 1 fully saturated rings. The summed E-state index contributed by atoms with van der Waals surface area (Å²) < 4.78 is 53.8. The zero-order valence-electron chi connectivity index (χ0n) is 21.3. The quantitative estimate of drug-likeness (QED) is 0.396. The molecule has 1 amide bonds. The van der Waals surface area contributed by atoms with E-state index in [1.807, 2.05) is 18.6 Å². The van der Waals surface area contributed by atoms with E-state index in [4.69, 9.17) is 15.2 Å². The number of carbonyl (C=O) groups excluding carboxylic acids is 1. The van der Waals surface area contributed by atoms with E-state index in [1.54, 1.807) is 6.07 Å². The molecule has 2 heterocycles. The van der Waals surface area contributed by atoms with Crippen molar-refractivity contribution in [3.8, 4) is 22.9 Å². The number of nitrogens with two attached hydrogens (primary N) is 1. The molecule has 3 N–H and O–H groups in total. The number of hydrogen-bond donors (Lipinski definition) is 2. The first kappa shape index (κ1) is 27.3. The van der Waals surface area contributed by atoms with E-state index in [1.165, 1.54) is 42.5 Å². The second-order valence-electron chi connectivity index (χ2n) is 9.64. The van der Waals surface area contributed by atoms with Gasteiger partial charge in [-0.1, -0.05) is 26.3 Å². The molecule has 0 bridgehead atoms. The Morgan fingerprint density at radius 1 is 1.11 bits per heavy atom. The Hall–Kier alpha value is -3.73. The predicted molar refractivity (Wildman–Crippen MR) is 141 cm³/mol. The van der Waals surface area contributed by atoms with E-state index in [-0.39, 0.29) is 34.3 Å². The van der Waals surface area contributed by atoms with Crippen molar-refractivity contribution in [3.63, 3.8) is 0 Å². The summed E-state index contributed by atoms with van der Waals surface area (Å²) in [5.41, 5.74) is 6.31. The van der Waals surface area contributed by atoms with Gasteiger partial charge in [-0.2, -0.15) is 8.42 Å². The Kier molecular flexibility index (Phi) is 8.45. The van der Waals surface area contributed by atoms with E-state index in [0.717, 1.165) is 32.1 Å². The summed E-state index contributed by atoms with van der Waals surface area (Å²) in [7, 11) is -4.31. The summed E-state index contributed by atoms with van der Waals surface area (Å²) >= 11 is 0. The van der Waals surface area contributed by atoms with Gasteiger partial charge in [0.25, 0.3) is 15.9 Å². The largest absolute Gasteiger partial charge is 0.493 e. The lowest BCUT2D eigenvalue weighted by atomic mass is 9.98. The summed E-state index contributed by atoms with van der Waals surface area (Å²) in [6.07, 6.45) is 4.43. The fourth-order valence-electron chi connectivity index (χ4n) is 4.07. The first-order valence-electron chi connectivity index (χ1n) is 12.5. The van der Waals surface area contributed by atoms with Crippen LogP contribution in [0.3, 0.4) is 0 Å². The second-order valence-corrected chi connectivity index (χ2v) is 11.3. The fraction of sp³-hybridized carbons (Fsp3) is 0.370. The number of hydrogen-bond acceptors (Lipinski definition) is 8. The normalized spacial score (nSPS) is 14.3. The summed E-state index contributed by atoms with van der Waals surface area (Å²) in [5.74, 6) is -0.851. The van der Waals surface area contributed by atoms with Gasteiger partial charge in [-0.3, -0.25) is 4.79 Å². The summed E-state index contributed by atoms with van der Waals surface area (Å²) in [4.78, 5) is 21.4. The van der Waals surface area contributed by atoms with Gasteiger partial charge in [0.2, 0.25) is 5.88 Å². The Bertz CT molecular complexity index is 1410. The highest BCUT2D eigenvalue weighted by Crippen LogP contribution is 2.30. The molecule has 3 aromatic rings. The van der Waals surface area contributed by atoms with E-state index in [9.17, 15) is 17.6 Å². The maximum atomic E-state index is 14.4. The Morgan fingerprint density at radius 3 is 2.58 bits per heavy atom. The van der Waals surface area contributed by atoms with Crippen LogP contribution >= 0.6 is 0 Å². The number of carbonyl (C=O) groups is 1. The molecule has 2 aromatic heterocycles. The van der Waals surface area contributed by atoms with Crippen LogP contribution in [0.5, 0.6) is 11.6 Å². The topological polar surface area (TPSA) is 134 Å². The lowest BCUT2D eigenvalue weighted by molar-refractivity contribution is 0.0966. The number of halogens is 1. The summed E-state index contributed by atoms with van der Waals surface area (Å²) in [5, 5.41) is -0.390. The smallest absolute Gasteiger partial charge is 0.281 e. The lowest BCUT2D eigenvalue weighted by Gasteiger charge is -2.23. The van der Waals surface area contributed by atoms with Crippen molar-refractivity contribution in [1.82, 2.24) is 14.7 Å². The van der Waals surface area contributed by atoms with Crippen molar-refractivity contribution in [2.24, 2.45) is 5.92 Å². The van der Waals surface area contributed by atoms with Crippen molar-refractivity contribution in [3.05, 3.63) is 59.9 Å². The van der Waals surface area contributed by atoms with E-state index in [0.29, 0.717) is 23.6 Å². The van der Waals surface area contributed by atoms with Crippen LogP contribution in [0, 0.1) is 11.7 Å². The van der Waals surface area contributed by atoms with Crippen LogP contribution in [-0.2, 0) is 10.0 Å². The number of benzene rings is 1. The molecule has 1 aromatic carbocycles. The molecule has 0 spiro atoms. The average Bonchev–Trinajstić information content (AvgIpc) is 2.87. The molecule has 1 aliphatic rings. The maximum absolute atomic E-state index is 14.4. The van der Waals surface area contributed by atoms with Crippen LogP contribution in [0.15, 0.2) is 53.6 Å². The van der Waals surface area contributed by atoms with Gasteiger partial charge >= 0.3 is 0 Å². The van der Waals surface area contributed by atoms with Gasteiger partial charge in [0.05, 0.1) is 12.3 Å². The average molecular weight is 543 g/mol. The van der Waals surface area contributed by atoms with Crippen molar-refractivity contribution >= 4 is 21.7 Å². The van der Waals surface area contributed by atoms with E-state index >= 15 is 0 Å². The third-order valence-corrected chi connectivity index (χ3v) is 7.17. The maximum Gasteiger partial charge on any atom is 0.281 e. The SMILES string of the molecule is CC(C)COc1cc(F)cc(-c2ccc(C(=O)NS(=O)(=O)c3cccc(N)n3)c(OC3CCCCC3)n2)c1. The first-order valence-corrected chi connectivity index (χ1v) is 14.0. The summed E-state index contributed by atoms with van der Waals surface area (Å²) in [6.45, 7) is 4.40.